The SMILES string of the molecule is COCCN(CCC#N)C(=O)c1ccc(Cn2nc(C)c(NC(=O)c3cc(C(F)(F)F)nc4ccc(Br)cc34)c2C)cc1. The molecule has 4 rings (SSSR count). The van der Waals surface area contributed by atoms with Gasteiger partial charge in [0.25, 0.3) is 11.8 Å². The van der Waals surface area contributed by atoms with Crippen molar-refractivity contribution in [2.75, 3.05) is 32.1 Å². The minimum absolute atomic E-state index is 0.0427. The van der Waals surface area contributed by atoms with Gasteiger partial charge in [0, 0.05) is 35.6 Å². The van der Waals surface area contributed by atoms with Crippen molar-refractivity contribution < 1.29 is 27.5 Å². The number of alkyl halides is 3. The fourth-order valence-corrected chi connectivity index (χ4v) is 4.91. The molecule has 0 bridgehead atoms. The zero-order chi connectivity index (χ0) is 31.3. The van der Waals surface area contributed by atoms with Crippen LogP contribution in [0.25, 0.3) is 10.9 Å². The number of amides is 2. The largest absolute Gasteiger partial charge is 0.433 e. The van der Waals surface area contributed by atoms with E-state index >= 15 is 0 Å². The number of aromatic nitrogens is 3. The van der Waals surface area contributed by atoms with Gasteiger partial charge in [0.1, 0.15) is 5.69 Å². The number of carbonyl (C=O) groups is 2. The molecule has 0 radical (unpaired) electrons. The lowest BCUT2D eigenvalue weighted by Crippen LogP contribution is -2.34. The highest BCUT2D eigenvalue weighted by molar-refractivity contribution is 9.10. The summed E-state index contributed by atoms with van der Waals surface area (Å²) >= 11 is 3.30. The highest BCUT2D eigenvalue weighted by Gasteiger charge is 2.34. The van der Waals surface area contributed by atoms with E-state index in [2.05, 4.69) is 31.3 Å². The van der Waals surface area contributed by atoms with Crippen molar-refractivity contribution in [3.05, 3.63) is 86.8 Å². The first-order valence-corrected chi connectivity index (χ1v) is 14.0. The zero-order valence-corrected chi connectivity index (χ0v) is 25.2. The van der Waals surface area contributed by atoms with Crippen molar-refractivity contribution in [2.45, 2.75) is 33.0 Å². The lowest BCUT2D eigenvalue weighted by molar-refractivity contribution is -0.141. The Morgan fingerprint density at radius 2 is 1.84 bits per heavy atom. The van der Waals surface area contributed by atoms with E-state index in [1.54, 1.807) is 66.9 Å². The van der Waals surface area contributed by atoms with Crippen molar-refractivity contribution >= 4 is 44.3 Å². The Labute approximate surface area is 254 Å². The average molecular weight is 657 g/mol. The van der Waals surface area contributed by atoms with Crippen LogP contribution in [0.2, 0.25) is 0 Å². The van der Waals surface area contributed by atoms with E-state index in [1.165, 1.54) is 6.07 Å². The molecule has 0 spiro atoms. The van der Waals surface area contributed by atoms with Crippen LogP contribution in [0.4, 0.5) is 18.9 Å². The van der Waals surface area contributed by atoms with Crippen LogP contribution in [0.3, 0.4) is 0 Å². The summed E-state index contributed by atoms with van der Waals surface area (Å²) in [4.78, 5) is 31.6. The number of fused-ring (bicyclic) bond motifs is 1. The molecule has 224 valence electrons. The first-order chi connectivity index (χ1) is 20.4. The van der Waals surface area contributed by atoms with Gasteiger partial charge < -0.3 is 15.0 Å². The number of hydrogen-bond acceptors (Lipinski definition) is 6. The Balaban J connectivity index is 1.55. The summed E-state index contributed by atoms with van der Waals surface area (Å²) in [5, 5.41) is 16.5. The third-order valence-electron chi connectivity index (χ3n) is 6.81. The van der Waals surface area contributed by atoms with Gasteiger partial charge in [0.15, 0.2) is 0 Å². The normalized spacial score (nSPS) is 11.4. The number of methoxy groups -OCH3 is 1. The predicted octanol–water partition coefficient (Wildman–Crippen LogP) is 6.13. The molecule has 0 atom stereocenters. The molecule has 2 amide bonds. The molecule has 0 aliphatic rings. The van der Waals surface area contributed by atoms with Crippen molar-refractivity contribution in [3.8, 4) is 6.07 Å². The number of hydrogen-bond donors (Lipinski definition) is 1. The minimum Gasteiger partial charge on any atom is -0.383 e. The van der Waals surface area contributed by atoms with Gasteiger partial charge in [-0.2, -0.15) is 23.5 Å². The van der Waals surface area contributed by atoms with E-state index in [0.29, 0.717) is 53.4 Å². The molecule has 2 aromatic carbocycles. The topological polar surface area (TPSA) is 113 Å². The number of nitrogens with zero attached hydrogens (tertiary/aromatic N) is 5. The van der Waals surface area contributed by atoms with Gasteiger partial charge in [-0.1, -0.05) is 28.1 Å². The van der Waals surface area contributed by atoms with E-state index in [1.807, 2.05) is 6.07 Å². The van der Waals surface area contributed by atoms with Gasteiger partial charge >= 0.3 is 6.18 Å². The van der Waals surface area contributed by atoms with Gasteiger partial charge in [-0.15, -0.1) is 0 Å². The van der Waals surface area contributed by atoms with Crippen LogP contribution in [0.15, 0.2) is 53.0 Å². The number of carbonyl (C=O) groups excluding carboxylic acids is 2. The van der Waals surface area contributed by atoms with Crippen LogP contribution in [0.1, 0.15) is 49.8 Å². The van der Waals surface area contributed by atoms with Gasteiger partial charge in [-0.25, -0.2) is 4.98 Å². The Morgan fingerprint density at radius 3 is 2.49 bits per heavy atom. The molecule has 0 fully saturated rings. The highest BCUT2D eigenvalue weighted by Crippen LogP contribution is 2.32. The number of ether oxygens (including phenoxy) is 1. The Bertz CT molecular complexity index is 1700. The molecule has 0 aliphatic heterocycles. The Hall–Kier alpha value is -4.28. The number of pyridine rings is 1. The summed E-state index contributed by atoms with van der Waals surface area (Å²) < 4.78 is 48.0. The summed E-state index contributed by atoms with van der Waals surface area (Å²) in [7, 11) is 1.54. The van der Waals surface area contributed by atoms with Crippen molar-refractivity contribution in [3.63, 3.8) is 0 Å². The Kier molecular flexibility index (Phi) is 9.83. The minimum atomic E-state index is -4.73. The molecule has 0 saturated carbocycles. The Morgan fingerprint density at radius 1 is 1.12 bits per heavy atom. The summed E-state index contributed by atoms with van der Waals surface area (Å²) in [6.07, 6.45) is -4.52. The maximum atomic E-state index is 13.6. The second-order valence-corrected chi connectivity index (χ2v) is 10.7. The first-order valence-electron chi connectivity index (χ1n) is 13.2. The number of nitriles is 1. The average Bonchev–Trinajstić information content (AvgIpc) is 3.23. The molecule has 0 unspecified atom stereocenters. The van der Waals surface area contributed by atoms with E-state index in [-0.39, 0.29) is 28.8 Å². The van der Waals surface area contributed by atoms with Crippen LogP contribution in [-0.2, 0) is 17.5 Å². The van der Waals surface area contributed by atoms with Crippen LogP contribution in [0.5, 0.6) is 0 Å². The van der Waals surface area contributed by atoms with Crippen molar-refractivity contribution in [2.24, 2.45) is 0 Å². The zero-order valence-electron chi connectivity index (χ0n) is 23.6. The fourth-order valence-electron chi connectivity index (χ4n) is 4.55. The molecule has 2 aromatic heterocycles. The monoisotopic (exact) mass is 656 g/mol. The molecule has 0 saturated heterocycles. The number of rotatable bonds is 10. The van der Waals surface area contributed by atoms with Gasteiger partial charge in [0.05, 0.1) is 53.8 Å². The summed E-state index contributed by atoms with van der Waals surface area (Å²) in [5.41, 5.74) is 1.49. The third-order valence-corrected chi connectivity index (χ3v) is 7.30. The van der Waals surface area contributed by atoms with E-state index in [4.69, 9.17) is 10.00 Å². The molecule has 1 N–H and O–H groups in total. The molecule has 2 heterocycles. The smallest absolute Gasteiger partial charge is 0.383 e. The number of anilines is 1. The number of nitrogens with one attached hydrogen (secondary N) is 1. The van der Waals surface area contributed by atoms with Crippen LogP contribution in [-0.4, -0.2) is 58.3 Å². The molecule has 43 heavy (non-hydrogen) atoms. The van der Waals surface area contributed by atoms with Crippen LogP contribution in [0, 0.1) is 25.2 Å². The molecular formula is C30H28BrF3N6O3. The third kappa shape index (κ3) is 7.39. The number of aryl methyl sites for hydroxylation is 1. The van der Waals surface area contributed by atoms with Gasteiger partial charge in [0.2, 0.25) is 0 Å². The molecular weight excluding hydrogens is 629 g/mol. The quantitative estimate of drug-likeness (QED) is 0.220. The first kappa shape index (κ1) is 31.7. The summed E-state index contributed by atoms with van der Waals surface area (Å²) in [5.74, 6) is -0.932. The van der Waals surface area contributed by atoms with E-state index in [9.17, 15) is 22.8 Å². The fraction of sp³-hybridized carbons (Fsp3) is 0.300. The van der Waals surface area contributed by atoms with Crippen LogP contribution < -0.4 is 5.32 Å². The van der Waals surface area contributed by atoms with E-state index < -0.39 is 17.8 Å². The van der Waals surface area contributed by atoms with Gasteiger partial charge in [-0.3, -0.25) is 14.3 Å². The summed E-state index contributed by atoms with van der Waals surface area (Å²) in [6, 6.07) is 14.3. The molecule has 0 aliphatic carbocycles. The van der Waals surface area contributed by atoms with Crippen LogP contribution >= 0.6 is 15.9 Å². The summed E-state index contributed by atoms with van der Waals surface area (Å²) in [6.45, 7) is 4.78. The maximum Gasteiger partial charge on any atom is 0.433 e. The molecule has 4 aromatic rings. The number of benzene rings is 2. The van der Waals surface area contributed by atoms with E-state index in [0.717, 1.165) is 11.6 Å². The highest BCUT2D eigenvalue weighted by atomic mass is 79.9. The second-order valence-electron chi connectivity index (χ2n) is 9.76. The number of halogens is 4. The standard InChI is InChI=1S/C30H28BrF3N6O3/c1-18-27(37-28(41)24-16-26(30(32,33)34)36-25-10-9-22(31)15-23(24)25)19(2)40(38-18)17-20-5-7-21(8-6-20)29(42)39(12-4-11-35)13-14-43-3/h5-10,15-16H,4,12-14,17H2,1-3H3,(H,37,41). The van der Waals surface area contributed by atoms with Crippen molar-refractivity contribution in [1.29, 1.82) is 5.26 Å². The van der Waals surface area contributed by atoms with Gasteiger partial charge in [-0.05, 0) is 55.8 Å². The second kappa shape index (κ2) is 13.4. The molecule has 9 nitrogen and oxygen atoms in total. The predicted molar refractivity (Wildman–Crippen MR) is 158 cm³/mol. The van der Waals surface area contributed by atoms with Crippen molar-refractivity contribution in [1.82, 2.24) is 19.7 Å². The lowest BCUT2D eigenvalue weighted by atomic mass is 10.1. The molecule has 13 heteroatoms. The maximum absolute atomic E-state index is 13.6. The lowest BCUT2D eigenvalue weighted by Gasteiger charge is -2.21.